The smallest absolute Gasteiger partial charge is 0.253 e. The Balaban J connectivity index is 1.49. The monoisotopic (exact) mass is 354 g/mol. The summed E-state index contributed by atoms with van der Waals surface area (Å²) in [6.07, 6.45) is 0.0176. The molecule has 2 saturated heterocycles. The summed E-state index contributed by atoms with van der Waals surface area (Å²) in [6.45, 7) is 0.919. The topological polar surface area (TPSA) is 49.9 Å². The molecule has 2 aromatic carbocycles. The molecule has 4 rings (SSSR count). The van der Waals surface area contributed by atoms with Gasteiger partial charge < -0.3 is 14.5 Å². The van der Waals surface area contributed by atoms with E-state index >= 15 is 0 Å². The molecule has 26 heavy (non-hydrogen) atoms. The third kappa shape index (κ3) is 3.20. The number of fused-ring (bicyclic) bond motifs is 1. The van der Waals surface area contributed by atoms with Gasteiger partial charge in [0.25, 0.3) is 5.91 Å². The lowest BCUT2D eigenvalue weighted by Gasteiger charge is -2.36. The number of hydrogen-bond donors (Lipinski definition) is 0. The zero-order valence-corrected chi connectivity index (χ0v) is 14.2. The number of ether oxygens (including phenoxy) is 1. The van der Waals surface area contributed by atoms with E-state index in [4.69, 9.17) is 4.74 Å². The van der Waals surface area contributed by atoms with Crippen LogP contribution in [0.25, 0.3) is 0 Å². The highest BCUT2D eigenvalue weighted by Gasteiger charge is 2.45. The lowest BCUT2D eigenvalue weighted by molar-refractivity contribution is -0.130. The molecule has 0 aromatic heterocycles. The van der Waals surface area contributed by atoms with E-state index in [1.54, 1.807) is 21.9 Å². The number of benzene rings is 2. The molecule has 2 fully saturated rings. The second kappa shape index (κ2) is 6.88. The van der Waals surface area contributed by atoms with Crippen molar-refractivity contribution in [3.63, 3.8) is 0 Å². The van der Waals surface area contributed by atoms with Gasteiger partial charge in [-0.15, -0.1) is 0 Å². The molecule has 5 nitrogen and oxygen atoms in total. The minimum Gasteiger partial charge on any atom is -0.364 e. The van der Waals surface area contributed by atoms with Crippen molar-refractivity contribution in [2.24, 2.45) is 0 Å². The number of carbonyl (C=O) groups excluding carboxylic acids is 2. The van der Waals surface area contributed by atoms with E-state index in [9.17, 15) is 14.0 Å². The van der Waals surface area contributed by atoms with Crippen molar-refractivity contribution in [3.05, 3.63) is 66.0 Å². The van der Waals surface area contributed by atoms with Crippen LogP contribution in [0.15, 0.2) is 54.6 Å². The number of rotatable bonds is 3. The van der Waals surface area contributed by atoms with Crippen LogP contribution in [0.4, 0.5) is 10.1 Å². The standard InChI is InChI=1S/C20H19FN2O3/c21-15-8-6-14(7-9-15)10-19(24)22-11-17-18(12-22)26-13-20(25)23(17)16-4-2-1-3-5-16/h1-9,17-18H,10-13H2/t17-,18-/m0/s1. The maximum absolute atomic E-state index is 13.0. The molecule has 2 amide bonds. The highest BCUT2D eigenvalue weighted by molar-refractivity contribution is 5.96. The fourth-order valence-corrected chi connectivity index (χ4v) is 3.62. The Labute approximate surface area is 151 Å². The predicted octanol–water partition coefficient (Wildman–Crippen LogP) is 2.01. The molecule has 2 aliphatic rings. The number of likely N-dealkylation sites (tertiary alicyclic amines) is 1. The van der Waals surface area contributed by atoms with Crippen LogP contribution < -0.4 is 4.90 Å². The van der Waals surface area contributed by atoms with Crippen molar-refractivity contribution >= 4 is 17.5 Å². The summed E-state index contributed by atoms with van der Waals surface area (Å²) in [5.74, 6) is -0.459. The van der Waals surface area contributed by atoms with E-state index < -0.39 is 0 Å². The van der Waals surface area contributed by atoms with Crippen LogP contribution in [0.2, 0.25) is 0 Å². The third-order valence-electron chi connectivity index (χ3n) is 4.91. The number of amides is 2. The average Bonchev–Trinajstić information content (AvgIpc) is 3.08. The number of para-hydroxylation sites is 1. The van der Waals surface area contributed by atoms with E-state index in [1.807, 2.05) is 30.3 Å². The Hall–Kier alpha value is -2.73. The second-order valence-electron chi connectivity index (χ2n) is 6.62. The first kappa shape index (κ1) is 16.7. The molecule has 0 bridgehead atoms. The van der Waals surface area contributed by atoms with Crippen LogP contribution in [0, 0.1) is 5.82 Å². The van der Waals surface area contributed by atoms with Gasteiger partial charge in [0.2, 0.25) is 5.91 Å². The maximum Gasteiger partial charge on any atom is 0.253 e. The van der Waals surface area contributed by atoms with Crippen LogP contribution >= 0.6 is 0 Å². The van der Waals surface area contributed by atoms with Gasteiger partial charge in [0.1, 0.15) is 12.4 Å². The van der Waals surface area contributed by atoms with Gasteiger partial charge in [-0.05, 0) is 29.8 Å². The normalized spacial score (nSPS) is 22.4. The molecule has 6 heteroatoms. The first-order chi connectivity index (χ1) is 12.6. The lowest BCUT2D eigenvalue weighted by atomic mass is 10.1. The van der Waals surface area contributed by atoms with Gasteiger partial charge in [-0.25, -0.2) is 4.39 Å². The molecule has 2 heterocycles. The number of hydrogen-bond acceptors (Lipinski definition) is 3. The number of carbonyl (C=O) groups is 2. The highest BCUT2D eigenvalue weighted by Crippen LogP contribution is 2.29. The quantitative estimate of drug-likeness (QED) is 0.847. The van der Waals surface area contributed by atoms with Crippen molar-refractivity contribution in [1.29, 1.82) is 0 Å². The summed E-state index contributed by atoms with van der Waals surface area (Å²) >= 11 is 0. The highest BCUT2D eigenvalue weighted by atomic mass is 19.1. The van der Waals surface area contributed by atoms with Gasteiger partial charge in [-0.2, -0.15) is 0 Å². The van der Waals surface area contributed by atoms with Crippen molar-refractivity contribution < 1.29 is 18.7 Å². The Morgan fingerprint density at radius 2 is 1.81 bits per heavy atom. The summed E-state index contributed by atoms with van der Waals surface area (Å²) in [7, 11) is 0. The van der Waals surface area contributed by atoms with Crippen LogP contribution in [0.3, 0.4) is 0 Å². The van der Waals surface area contributed by atoms with Gasteiger partial charge in [0, 0.05) is 18.8 Å². The molecular formula is C20H19FN2O3. The van der Waals surface area contributed by atoms with E-state index in [-0.39, 0.29) is 42.8 Å². The average molecular weight is 354 g/mol. The van der Waals surface area contributed by atoms with E-state index in [2.05, 4.69) is 0 Å². The predicted molar refractivity (Wildman–Crippen MR) is 94.1 cm³/mol. The van der Waals surface area contributed by atoms with Crippen LogP contribution in [0.5, 0.6) is 0 Å². The minimum absolute atomic E-state index is 0.0239. The van der Waals surface area contributed by atoms with E-state index in [1.165, 1.54) is 12.1 Å². The first-order valence-electron chi connectivity index (χ1n) is 8.63. The van der Waals surface area contributed by atoms with E-state index in [0.717, 1.165) is 11.3 Å². The summed E-state index contributed by atoms with van der Waals surface area (Å²) < 4.78 is 18.7. The van der Waals surface area contributed by atoms with Crippen molar-refractivity contribution in [1.82, 2.24) is 4.90 Å². The number of morpholine rings is 1. The van der Waals surface area contributed by atoms with Crippen molar-refractivity contribution in [2.75, 3.05) is 24.6 Å². The fourth-order valence-electron chi connectivity index (χ4n) is 3.62. The van der Waals surface area contributed by atoms with Crippen LogP contribution in [-0.4, -0.2) is 48.6 Å². The molecule has 0 spiro atoms. The summed E-state index contributed by atoms with van der Waals surface area (Å²) in [5.41, 5.74) is 1.59. The van der Waals surface area contributed by atoms with Crippen molar-refractivity contribution in [2.45, 2.75) is 18.6 Å². The van der Waals surface area contributed by atoms with Gasteiger partial charge >= 0.3 is 0 Å². The zero-order valence-electron chi connectivity index (χ0n) is 14.2. The largest absolute Gasteiger partial charge is 0.364 e. The molecule has 2 aromatic rings. The lowest BCUT2D eigenvalue weighted by Crippen LogP contribution is -2.54. The summed E-state index contributed by atoms with van der Waals surface area (Å²) in [6, 6.07) is 15.2. The Morgan fingerprint density at radius 1 is 1.08 bits per heavy atom. The minimum atomic E-state index is -0.321. The fraction of sp³-hybridized carbons (Fsp3) is 0.300. The Kier molecular flexibility index (Phi) is 4.42. The molecule has 0 unspecified atom stereocenters. The molecule has 0 aliphatic carbocycles. The maximum atomic E-state index is 13.0. The zero-order chi connectivity index (χ0) is 18.1. The molecule has 0 radical (unpaired) electrons. The second-order valence-corrected chi connectivity index (χ2v) is 6.62. The third-order valence-corrected chi connectivity index (χ3v) is 4.91. The number of nitrogens with zero attached hydrogens (tertiary/aromatic N) is 2. The molecule has 0 saturated carbocycles. The van der Waals surface area contributed by atoms with Gasteiger partial charge in [0.15, 0.2) is 0 Å². The van der Waals surface area contributed by atoms with E-state index in [0.29, 0.717) is 13.1 Å². The number of halogens is 1. The molecule has 134 valence electrons. The van der Waals surface area contributed by atoms with Gasteiger partial charge in [-0.1, -0.05) is 30.3 Å². The number of anilines is 1. The summed E-state index contributed by atoms with van der Waals surface area (Å²) in [5, 5.41) is 0. The van der Waals surface area contributed by atoms with Gasteiger partial charge in [-0.3, -0.25) is 9.59 Å². The Morgan fingerprint density at radius 3 is 2.54 bits per heavy atom. The van der Waals surface area contributed by atoms with Crippen LogP contribution in [0.1, 0.15) is 5.56 Å². The van der Waals surface area contributed by atoms with Gasteiger partial charge in [0.05, 0.1) is 18.6 Å². The SMILES string of the molecule is O=C(Cc1ccc(F)cc1)N1C[C@@H]2OCC(=O)N(c3ccccc3)[C@H]2C1. The molecule has 0 N–H and O–H groups in total. The molecular weight excluding hydrogens is 335 g/mol. The summed E-state index contributed by atoms with van der Waals surface area (Å²) in [4.78, 5) is 28.5. The molecule has 2 aliphatic heterocycles. The molecule has 2 atom stereocenters. The van der Waals surface area contributed by atoms with Crippen molar-refractivity contribution in [3.8, 4) is 0 Å². The Bertz CT molecular complexity index is 810. The first-order valence-corrected chi connectivity index (χ1v) is 8.63. The van der Waals surface area contributed by atoms with Crippen LogP contribution in [-0.2, 0) is 20.7 Å².